The van der Waals surface area contributed by atoms with Crippen molar-refractivity contribution in [2.24, 2.45) is 5.92 Å². The van der Waals surface area contributed by atoms with Crippen LogP contribution in [-0.2, 0) is 4.79 Å². The lowest BCUT2D eigenvalue weighted by Crippen LogP contribution is -2.45. The van der Waals surface area contributed by atoms with E-state index in [-0.39, 0.29) is 17.7 Å². The highest BCUT2D eigenvalue weighted by Gasteiger charge is 2.29. The van der Waals surface area contributed by atoms with Crippen LogP contribution in [0.5, 0.6) is 5.88 Å². The van der Waals surface area contributed by atoms with Crippen molar-refractivity contribution in [1.82, 2.24) is 15.2 Å². The molecule has 1 N–H and O–H groups in total. The van der Waals surface area contributed by atoms with E-state index in [1.807, 2.05) is 6.92 Å². The summed E-state index contributed by atoms with van der Waals surface area (Å²) in [7, 11) is 1.49. The van der Waals surface area contributed by atoms with Crippen LogP contribution in [0.3, 0.4) is 0 Å². The van der Waals surface area contributed by atoms with Gasteiger partial charge in [0, 0.05) is 25.8 Å². The van der Waals surface area contributed by atoms with Crippen molar-refractivity contribution in [3.63, 3.8) is 0 Å². The third-order valence-corrected chi connectivity index (χ3v) is 3.63. The lowest BCUT2D eigenvalue weighted by Gasteiger charge is -2.32. The summed E-state index contributed by atoms with van der Waals surface area (Å²) in [5, 5.41) is 2.82. The van der Waals surface area contributed by atoms with Crippen molar-refractivity contribution >= 4 is 11.8 Å². The smallest absolute Gasteiger partial charge is 0.259 e. The van der Waals surface area contributed by atoms with E-state index in [9.17, 15) is 9.59 Å². The lowest BCUT2D eigenvalue weighted by atomic mass is 9.96. The first-order chi connectivity index (χ1) is 10.2. The third-order valence-electron chi connectivity index (χ3n) is 3.63. The maximum atomic E-state index is 12.6. The van der Waals surface area contributed by atoms with Crippen LogP contribution in [0, 0.1) is 5.92 Å². The van der Waals surface area contributed by atoms with Gasteiger partial charge in [-0.05, 0) is 31.9 Å². The summed E-state index contributed by atoms with van der Waals surface area (Å²) >= 11 is 0. The van der Waals surface area contributed by atoms with Crippen LogP contribution in [0.4, 0.5) is 0 Å². The Labute approximate surface area is 124 Å². The highest BCUT2D eigenvalue weighted by atomic mass is 16.5. The molecule has 114 valence electrons. The minimum absolute atomic E-state index is 0.0214. The third kappa shape index (κ3) is 3.51. The first-order valence-corrected chi connectivity index (χ1v) is 7.23. The van der Waals surface area contributed by atoms with Gasteiger partial charge in [-0.2, -0.15) is 0 Å². The summed E-state index contributed by atoms with van der Waals surface area (Å²) in [4.78, 5) is 30.3. The first-order valence-electron chi connectivity index (χ1n) is 7.23. The van der Waals surface area contributed by atoms with E-state index < -0.39 is 0 Å². The van der Waals surface area contributed by atoms with E-state index >= 15 is 0 Å². The lowest BCUT2D eigenvalue weighted by molar-refractivity contribution is -0.126. The Hall–Kier alpha value is -2.11. The van der Waals surface area contributed by atoms with Gasteiger partial charge in [0.15, 0.2) is 0 Å². The molecule has 1 atom stereocenters. The van der Waals surface area contributed by atoms with Crippen molar-refractivity contribution in [1.29, 1.82) is 0 Å². The first kappa shape index (κ1) is 15.3. The summed E-state index contributed by atoms with van der Waals surface area (Å²) in [5.41, 5.74) is 0.441. The summed E-state index contributed by atoms with van der Waals surface area (Å²) in [6.45, 7) is 3.61. The van der Waals surface area contributed by atoms with Crippen LogP contribution in [0.2, 0.25) is 0 Å². The molecule has 0 bridgehead atoms. The fraction of sp³-hybridized carbons (Fsp3) is 0.533. The molecule has 6 nitrogen and oxygen atoms in total. The van der Waals surface area contributed by atoms with Gasteiger partial charge in [-0.15, -0.1) is 0 Å². The van der Waals surface area contributed by atoms with E-state index in [1.165, 1.54) is 7.11 Å². The molecule has 1 unspecified atom stereocenters. The zero-order valence-electron chi connectivity index (χ0n) is 12.5. The predicted octanol–water partition coefficient (Wildman–Crippen LogP) is 1.08. The van der Waals surface area contributed by atoms with Crippen LogP contribution < -0.4 is 10.1 Å². The molecule has 2 heterocycles. The number of carbonyl (C=O) groups is 2. The largest absolute Gasteiger partial charge is 0.480 e. The second kappa shape index (κ2) is 7.06. The van der Waals surface area contributed by atoms with E-state index in [4.69, 9.17) is 4.74 Å². The quantitative estimate of drug-likeness (QED) is 0.901. The molecule has 6 heteroatoms. The molecule has 1 saturated heterocycles. The number of carbonyl (C=O) groups excluding carboxylic acids is 2. The van der Waals surface area contributed by atoms with Gasteiger partial charge in [-0.1, -0.05) is 0 Å². The summed E-state index contributed by atoms with van der Waals surface area (Å²) in [6, 6.07) is 3.41. The van der Waals surface area contributed by atoms with Gasteiger partial charge in [0.2, 0.25) is 11.8 Å². The molecule has 1 aromatic heterocycles. The predicted molar refractivity (Wildman–Crippen MR) is 78.1 cm³/mol. The fourth-order valence-corrected chi connectivity index (χ4v) is 2.58. The van der Waals surface area contributed by atoms with Gasteiger partial charge in [-0.3, -0.25) is 9.59 Å². The molecule has 1 aliphatic heterocycles. The molecular formula is C15H21N3O3. The molecule has 2 amide bonds. The number of amides is 2. The van der Waals surface area contributed by atoms with Gasteiger partial charge in [0.05, 0.1) is 13.0 Å². The van der Waals surface area contributed by atoms with E-state index in [2.05, 4.69) is 10.3 Å². The number of hydrogen-bond donors (Lipinski definition) is 1. The van der Waals surface area contributed by atoms with Gasteiger partial charge in [-0.25, -0.2) is 4.98 Å². The molecule has 0 aliphatic carbocycles. The SMILES string of the molecule is CCNC(=O)C1CCCN(C(=O)c2cccnc2OC)C1. The Morgan fingerprint density at radius 1 is 1.52 bits per heavy atom. The number of rotatable bonds is 4. The molecular weight excluding hydrogens is 270 g/mol. The molecule has 0 spiro atoms. The van der Waals surface area contributed by atoms with Crippen LogP contribution in [0.15, 0.2) is 18.3 Å². The highest BCUT2D eigenvalue weighted by molar-refractivity contribution is 5.96. The minimum atomic E-state index is -0.134. The topological polar surface area (TPSA) is 71.5 Å². The Morgan fingerprint density at radius 2 is 2.33 bits per heavy atom. The number of nitrogens with one attached hydrogen (secondary N) is 1. The van der Waals surface area contributed by atoms with Crippen LogP contribution >= 0.6 is 0 Å². The van der Waals surface area contributed by atoms with Crippen LogP contribution in [0.1, 0.15) is 30.1 Å². The van der Waals surface area contributed by atoms with Gasteiger partial charge in [0.1, 0.15) is 5.56 Å². The van der Waals surface area contributed by atoms with E-state index in [1.54, 1.807) is 23.2 Å². The summed E-state index contributed by atoms with van der Waals surface area (Å²) in [5.74, 6) is 0.0787. The number of pyridine rings is 1. The highest BCUT2D eigenvalue weighted by Crippen LogP contribution is 2.22. The Morgan fingerprint density at radius 3 is 3.05 bits per heavy atom. The molecule has 1 aromatic rings. The maximum absolute atomic E-state index is 12.6. The zero-order valence-corrected chi connectivity index (χ0v) is 12.5. The summed E-state index contributed by atoms with van der Waals surface area (Å²) < 4.78 is 5.13. The monoisotopic (exact) mass is 291 g/mol. The maximum Gasteiger partial charge on any atom is 0.259 e. The number of methoxy groups -OCH3 is 1. The number of likely N-dealkylation sites (tertiary alicyclic amines) is 1. The molecule has 1 aliphatic rings. The number of ether oxygens (including phenoxy) is 1. The second-order valence-electron chi connectivity index (χ2n) is 5.05. The van der Waals surface area contributed by atoms with Gasteiger partial charge in [0.25, 0.3) is 5.91 Å². The standard InChI is InChI=1S/C15H21N3O3/c1-3-16-13(19)11-6-5-9-18(10-11)15(20)12-7-4-8-17-14(12)21-2/h4,7-8,11H,3,5-6,9-10H2,1-2H3,(H,16,19). The van der Waals surface area contributed by atoms with Crippen molar-refractivity contribution < 1.29 is 14.3 Å². The molecule has 1 fully saturated rings. The molecule has 0 aromatic carbocycles. The molecule has 21 heavy (non-hydrogen) atoms. The van der Waals surface area contributed by atoms with Gasteiger partial charge >= 0.3 is 0 Å². The number of hydrogen-bond acceptors (Lipinski definition) is 4. The Kier molecular flexibility index (Phi) is 5.14. The van der Waals surface area contributed by atoms with Crippen molar-refractivity contribution in [3.8, 4) is 5.88 Å². The van der Waals surface area contributed by atoms with E-state index in [0.29, 0.717) is 31.1 Å². The van der Waals surface area contributed by atoms with Crippen molar-refractivity contribution in [2.75, 3.05) is 26.7 Å². The Balaban J connectivity index is 2.10. The van der Waals surface area contributed by atoms with Crippen molar-refractivity contribution in [3.05, 3.63) is 23.9 Å². The number of piperidine rings is 1. The second-order valence-corrected chi connectivity index (χ2v) is 5.05. The fourth-order valence-electron chi connectivity index (χ4n) is 2.58. The number of aromatic nitrogens is 1. The molecule has 0 radical (unpaired) electrons. The van der Waals surface area contributed by atoms with Crippen LogP contribution in [0.25, 0.3) is 0 Å². The molecule has 0 saturated carbocycles. The van der Waals surface area contributed by atoms with Crippen molar-refractivity contribution in [2.45, 2.75) is 19.8 Å². The zero-order chi connectivity index (χ0) is 15.2. The molecule has 2 rings (SSSR count). The van der Waals surface area contributed by atoms with Gasteiger partial charge < -0.3 is 15.0 Å². The Bertz CT molecular complexity index is 519. The van der Waals surface area contributed by atoms with Crippen LogP contribution in [-0.4, -0.2) is 48.4 Å². The summed E-state index contributed by atoms with van der Waals surface area (Å²) in [6.07, 6.45) is 3.24. The van der Waals surface area contributed by atoms with E-state index in [0.717, 1.165) is 12.8 Å². The number of nitrogens with zero attached hydrogens (tertiary/aromatic N) is 2. The minimum Gasteiger partial charge on any atom is -0.480 e. The average molecular weight is 291 g/mol. The normalized spacial score (nSPS) is 18.2. The average Bonchev–Trinajstić information content (AvgIpc) is 2.54.